The van der Waals surface area contributed by atoms with E-state index >= 15 is 0 Å². The quantitative estimate of drug-likeness (QED) is 0.887. The monoisotopic (exact) mass is 345 g/mol. The fourth-order valence-corrected chi connectivity index (χ4v) is 2.60. The number of ether oxygens (including phenoxy) is 2. The van der Waals surface area contributed by atoms with Gasteiger partial charge in [-0.1, -0.05) is 5.16 Å². The summed E-state index contributed by atoms with van der Waals surface area (Å²) in [6.45, 7) is 2.42. The average molecular weight is 345 g/mol. The number of likely N-dealkylation sites (tertiary alicyclic amines) is 1. The van der Waals surface area contributed by atoms with E-state index in [0.29, 0.717) is 36.0 Å². The van der Waals surface area contributed by atoms with Crippen molar-refractivity contribution in [3.05, 3.63) is 35.7 Å². The Morgan fingerprint density at radius 3 is 2.52 bits per heavy atom. The maximum Gasteiger partial charge on any atom is 0.276 e. The number of anilines is 1. The summed E-state index contributed by atoms with van der Waals surface area (Å²) in [4.78, 5) is 26.0. The van der Waals surface area contributed by atoms with Crippen molar-refractivity contribution >= 4 is 17.5 Å². The van der Waals surface area contributed by atoms with Crippen LogP contribution < -0.4 is 14.8 Å². The molecule has 0 radical (unpaired) electrons. The van der Waals surface area contributed by atoms with Crippen molar-refractivity contribution in [2.24, 2.45) is 5.92 Å². The first-order valence-electron chi connectivity index (χ1n) is 7.77. The summed E-state index contributed by atoms with van der Waals surface area (Å²) in [7, 11) is 3.08. The number of methoxy groups -OCH3 is 2. The lowest BCUT2D eigenvalue weighted by Crippen LogP contribution is -2.54. The molecular weight excluding hydrogens is 326 g/mol. The largest absolute Gasteiger partial charge is 0.493 e. The predicted molar refractivity (Wildman–Crippen MR) is 88.8 cm³/mol. The standard InChI is InChI=1S/C17H19N3O5/c1-10-6-13(19-25-10)17(22)20-8-11(9-20)16(21)18-12-4-5-14(23-2)15(7-12)24-3/h4-7,11H,8-9H2,1-3H3,(H,18,21). The smallest absolute Gasteiger partial charge is 0.276 e. The summed E-state index contributed by atoms with van der Waals surface area (Å²) in [5.41, 5.74) is 0.871. The van der Waals surface area contributed by atoms with Gasteiger partial charge in [0.05, 0.1) is 20.1 Å². The summed E-state index contributed by atoms with van der Waals surface area (Å²) >= 11 is 0. The Hall–Kier alpha value is -3.03. The lowest BCUT2D eigenvalue weighted by Gasteiger charge is -2.37. The Bertz CT molecular complexity index is 795. The first kappa shape index (κ1) is 16.8. The van der Waals surface area contributed by atoms with Crippen molar-refractivity contribution < 1.29 is 23.6 Å². The van der Waals surface area contributed by atoms with Gasteiger partial charge in [0, 0.05) is 30.9 Å². The molecule has 1 aliphatic heterocycles. The van der Waals surface area contributed by atoms with Gasteiger partial charge in [-0.25, -0.2) is 0 Å². The zero-order chi connectivity index (χ0) is 18.0. The van der Waals surface area contributed by atoms with Crippen molar-refractivity contribution in [3.63, 3.8) is 0 Å². The number of nitrogens with one attached hydrogen (secondary N) is 1. The molecule has 132 valence electrons. The Labute approximate surface area is 144 Å². The molecule has 1 aromatic heterocycles. The van der Waals surface area contributed by atoms with Crippen molar-refractivity contribution in [1.82, 2.24) is 10.1 Å². The van der Waals surface area contributed by atoms with Crippen molar-refractivity contribution in [3.8, 4) is 11.5 Å². The molecule has 3 rings (SSSR count). The van der Waals surface area contributed by atoms with E-state index in [4.69, 9.17) is 14.0 Å². The number of hydrogen-bond donors (Lipinski definition) is 1. The summed E-state index contributed by atoms with van der Waals surface area (Å²) in [5.74, 6) is 1.06. The maximum atomic E-state index is 12.3. The number of aryl methyl sites for hydroxylation is 1. The molecule has 0 saturated carbocycles. The summed E-state index contributed by atoms with van der Waals surface area (Å²) in [5, 5.41) is 6.53. The van der Waals surface area contributed by atoms with E-state index in [1.54, 1.807) is 43.2 Å². The van der Waals surface area contributed by atoms with E-state index in [2.05, 4.69) is 10.5 Å². The number of hydrogen-bond acceptors (Lipinski definition) is 6. The number of carbonyl (C=O) groups is 2. The molecule has 0 aliphatic carbocycles. The molecule has 25 heavy (non-hydrogen) atoms. The van der Waals surface area contributed by atoms with Gasteiger partial charge in [0.15, 0.2) is 17.2 Å². The number of amides is 2. The van der Waals surface area contributed by atoms with Gasteiger partial charge in [-0.15, -0.1) is 0 Å². The van der Waals surface area contributed by atoms with Crippen LogP contribution in [0.25, 0.3) is 0 Å². The van der Waals surface area contributed by atoms with Crippen LogP contribution in [-0.4, -0.2) is 49.2 Å². The van der Waals surface area contributed by atoms with E-state index in [9.17, 15) is 9.59 Å². The topological polar surface area (TPSA) is 93.9 Å². The Kier molecular flexibility index (Phi) is 4.60. The lowest BCUT2D eigenvalue weighted by molar-refractivity contribution is -0.123. The van der Waals surface area contributed by atoms with Gasteiger partial charge < -0.3 is 24.2 Å². The van der Waals surface area contributed by atoms with Crippen LogP contribution in [-0.2, 0) is 4.79 Å². The minimum absolute atomic E-state index is 0.146. The average Bonchev–Trinajstić information content (AvgIpc) is 2.99. The Morgan fingerprint density at radius 1 is 1.20 bits per heavy atom. The highest BCUT2D eigenvalue weighted by molar-refractivity contribution is 5.97. The first-order chi connectivity index (χ1) is 12.0. The molecular formula is C17H19N3O5. The molecule has 1 aromatic carbocycles. The highest BCUT2D eigenvalue weighted by Gasteiger charge is 2.37. The Balaban J connectivity index is 1.56. The second-order valence-electron chi connectivity index (χ2n) is 5.79. The van der Waals surface area contributed by atoms with Crippen LogP contribution >= 0.6 is 0 Å². The van der Waals surface area contributed by atoms with Crippen LogP contribution in [0.15, 0.2) is 28.8 Å². The second kappa shape index (κ2) is 6.84. The molecule has 2 aromatic rings. The lowest BCUT2D eigenvalue weighted by atomic mass is 9.98. The Morgan fingerprint density at radius 2 is 1.92 bits per heavy atom. The van der Waals surface area contributed by atoms with Gasteiger partial charge in [-0.3, -0.25) is 9.59 Å². The zero-order valence-corrected chi connectivity index (χ0v) is 14.2. The first-order valence-corrected chi connectivity index (χ1v) is 7.77. The van der Waals surface area contributed by atoms with Crippen LogP contribution in [0.3, 0.4) is 0 Å². The molecule has 0 spiro atoms. The van der Waals surface area contributed by atoms with Gasteiger partial charge in [0.1, 0.15) is 5.76 Å². The normalized spacial score (nSPS) is 14.0. The van der Waals surface area contributed by atoms with Crippen molar-refractivity contribution in [1.29, 1.82) is 0 Å². The van der Waals surface area contributed by atoms with Gasteiger partial charge in [-0.05, 0) is 19.1 Å². The minimum Gasteiger partial charge on any atom is -0.493 e. The SMILES string of the molecule is COc1ccc(NC(=O)C2CN(C(=O)c3cc(C)on3)C2)cc1OC. The predicted octanol–water partition coefficient (Wildman–Crippen LogP) is 1.71. The number of benzene rings is 1. The molecule has 1 aliphatic rings. The van der Waals surface area contributed by atoms with Gasteiger partial charge >= 0.3 is 0 Å². The maximum absolute atomic E-state index is 12.3. The fraction of sp³-hybridized carbons (Fsp3) is 0.353. The van der Waals surface area contributed by atoms with Crippen LogP contribution in [0, 0.1) is 12.8 Å². The molecule has 0 bridgehead atoms. The van der Waals surface area contributed by atoms with Gasteiger partial charge in [0.2, 0.25) is 5.91 Å². The van der Waals surface area contributed by atoms with Crippen molar-refractivity contribution in [2.75, 3.05) is 32.6 Å². The van der Waals surface area contributed by atoms with E-state index in [0.717, 1.165) is 0 Å². The van der Waals surface area contributed by atoms with Gasteiger partial charge in [0.25, 0.3) is 5.91 Å². The molecule has 8 heteroatoms. The molecule has 0 unspecified atom stereocenters. The highest BCUT2D eigenvalue weighted by atomic mass is 16.5. The number of carbonyl (C=O) groups excluding carboxylic acids is 2. The molecule has 0 atom stereocenters. The molecule has 1 fully saturated rings. The summed E-state index contributed by atoms with van der Waals surface area (Å²) < 4.78 is 15.3. The number of rotatable bonds is 5. The van der Waals surface area contributed by atoms with E-state index < -0.39 is 0 Å². The van der Waals surface area contributed by atoms with Gasteiger partial charge in [-0.2, -0.15) is 0 Å². The minimum atomic E-state index is -0.259. The van der Waals surface area contributed by atoms with Crippen LogP contribution in [0.2, 0.25) is 0 Å². The number of nitrogens with zero attached hydrogens (tertiary/aromatic N) is 2. The summed E-state index contributed by atoms with van der Waals surface area (Å²) in [6.07, 6.45) is 0. The fourth-order valence-electron chi connectivity index (χ4n) is 2.60. The molecule has 2 heterocycles. The third kappa shape index (κ3) is 3.42. The van der Waals surface area contributed by atoms with E-state index in [1.807, 2.05) is 0 Å². The van der Waals surface area contributed by atoms with E-state index in [-0.39, 0.29) is 23.4 Å². The third-order valence-corrected chi connectivity index (χ3v) is 4.04. The highest BCUT2D eigenvalue weighted by Crippen LogP contribution is 2.30. The van der Waals surface area contributed by atoms with Crippen molar-refractivity contribution in [2.45, 2.75) is 6.92 Å². The second-order valence-corrected chi connectivity index (χ2v) is 5.79. The van der Waals surface area contributed by atoms with Crippen LogP contribution in [0.5, 0.6) is 11.5 Å². The van der Waals surface area contributed by atoms with E-state index in [1.165, 1.54) is 7.11 Å². The molecule has 1 saturated heterocycles. The molecule has 1 N–H and O–H groups in total. The van der Waals surface area contributed by atoms with Crippen LogP contribution in [0.1, 0.15) is 16.2 Å². The molecule has 2 amide bonds. The summed E-state index contributed by atoms with van der Waals surface area (Å²) in [6, 6.07) is 6.73. The zero-order valence-electron chi connectivity index (χ0n) is 14.2. The molecule has 8 nitrogen and oxygen atoms in total. The van der Waals surface area contributed by atoms with Crippen LogP contribution in [0.4, 0.5) is 5.69 Å². The third-order valence-electron chi connectivity index (χ3n) is 4.04. The number of aromatic nitrogens is 1.